The van der Waals surface area contributed by atoms with Gasteiger partial charge < -0.3 is 4.57 Å². The lowest BCUT2D eigenvalue weighted by Crippen LogP contribution is -2.21. The van der Waals surface area contributed by atoms with Gasteiger partial charge in [-0.25, -0.2) is 0 Å². The van der Waals surface area contributed by atoms with Crippen LogP contribution in [0.1, 0.15) is 24.6 Å². The second-order valence-electron chi connectivity index (χ2n) is 4.37. The van der Waals surface area contributed by atoms with Crippen molar-refractivity contribution in [1.82, 2.24) is 14.3 Å². The highest BCUT2D eigenvalue weighted by Gasteiger charge is 2.27. The average molecular weight is 282 g/mol. The van der Waals surface area contributed by atoms with Crippen LogP contribution in [0.4, 0.5) is 0 Å². The number of fused-ring (bicyclic) bond motifs is 1. The highest BCUT2D eigenvalue weighted by molar-refractivity contribution is 9.10. The fraction of sp³-hybridized carbons (Fsp3) is 0.455. The molecule has 1 fully saturated rings. The first kappa shape index (κ1) is 10.1. The van der Waals surface area contributed by atoms with Crippen LogP contribution >= 0.6 is 15.9 Å². The van der Waals surface area contributed by atoms with Crippen molar-refractivity contribution in [3.63, 3.8) is 0 Å². The summed E-state index contributed by atoms with van der Waals surface area (Å²) in [4.78, 5) is 12.3. The van der Waals surface area contributed by atoms with E-state index < -0.39 is 0 Å². The number of aromatic nitrogens is 3. The van der Waals surface area contributed by atoms with Gasteiger partial charge in [0.15, 0.2) is 5.52 Å². The molecule has 0 bridgehead atoms. The molecule has 16 heavy (non-hydrogen) atoms. The molecule has 1 saturated carbocycles. The third-order valence-corrected chi connectivity index (χ3v) is 4.02. The molecule has 0 aromatic carbocycles. The second kappa shape index (κ2) is 3.20. The third kappa shape index (κ3) is 1.27. The van der Waals surface area contributed by atoms with E-state index in [4.69, 9.17) is 0 Å². The van der Waals surface area contributed by atoms with Gasteiger partial charge in [0.1, 0.15) is 4.60 Å². The average Bonchev–Trinajstić information content (AvgIpc) is 3.00. The number of hydrogen-bond donors (Lipinski definition) is 0. The van der Waals surface area contributed by atoms with Gasteiger partial charge in [0.25, 0.3) is 5.56 Å². The summed E-state index contributed by atoms with van der Waals surface area (Å²) in [6, 6.07) is 2.43. The number of hydrogen-bond acceptors (Lipinski definition) is 2. The molecular formula is C11H12BrN3O. The Balaban J connectivity index is 2.43. The molecule has 0 radical (unpaired) electrons. The topological polar surface area (TPSA) is 39.8 Å². The van der Waals surface area contributed by atoms with Gasteiger partial charge in [0, 0.05) is 24.2 Å². The van der Waals surface area contributed by atoms with Crippen molar-refractivity contribution >= 4 is 26.8 Å². The van der Waals surface area contributed by atoms with Crippen LogP contribution in [-0.4, -0.2) is 14.3 Å². The number of aryl methyl sites for hydroxylation is 2. The molecule has 2 aromatic rings. The summed E-state index contributed by atoms with van der Waals surface area (Å²) in [7, 11) is 1.83. The van der Waals surface area contributed by atoms with E-state index >= 15 is 0 Å². The van der Waals surface area contributed by atoms with Crippen molar-refractivity contribution in [3.8, 4) is 0 Å². The van der Waals surface area contributed by atoms with E-state index in [2.05, 4.69) is 21.0 Å². The predicted octanol–water partition coefficient (Wildman–Crippen LogP) is 2.14. The molecule has 0 aliphatic heterocycles. The Morgan fingerprint density at radius 1 is 1.50 bits per heavy atom. The first-order valence-electron chi connectivity index (χ1n) is 5.34. The van der Waals surface area contributed by atoms with Crippen LogP contribution in [0.15, 0.2) is 15.5 Å². The summed E-state index contributed by atoms with van der Waals surface area (Å²) in [6.07, 6.45) is 2.22. The summed E-state index contributed by atoms with van der Waals surface area (Å²) in [5.41, 5.74) is 1.62. The maximum absolute atomic E-state index is 12.3. The molecule has 0 spiro atoms. The quantitative estimate of drug-likeness (QED) is 0.804. The predicted molar refractivity (Wildman–Crippen MR) is 65.7 cm³/mol. The minimum atomic E-state index is 0.0406. The zero-order valence-corrected chi connectivity index (χ0v) is 10.8. The van der Waals surface area contributed by atoms with Gasteiger partial charge in [-0.2, -0.15) is 5.10 Å². The highest BCUT2D eigenvalue weighted by atomic mass is 79.9. The van der Waals surface area contributed by atoms with Crippen molar-refractivity contribution < 1.29 is 0 Å². The molecular weight excluding hydrogens is 270 g/mol. The van der Waals surface area contributed by atoms with E-state index in [0.29, 0.717) is 11.6 Å². The Hall–Kier alpha value is -1.10. The van der Waals surface area contributed by atoms with Crippen molar-refractivity contribution in [2.24, 2.45) is 7.05 Å². The van der Waals surface area contributed by atoms with Crippen LogP contribution < -0.4 is 5.56 Å². The molecule has 1 aliphatic carbocycles. The molecule has 0 unspecified atom stereocenters. The summed E-state index contributed by atoms with van der Waals surface area (Å²) < 4.78 is 4.44. The number of halogens is 1. The SMILES string of the molecule is Cc1cc2c(Br)n(C)nc2c(=O)n1C1CC1. The fourth-order valence-corrected chi connectivity index (χ4v) is 2.53. The lowest BCUT2D eigenvalue weighted by atomic mass is 10.2. The Bertz CT molecular complexity index is 637. The van der Waals surface area contributed by atoms with Crippen molar-refractivity contribution in [1.29, 1.82) is 0 Å². The summed E-state index contributed by atoms with van der Waals surface area (Å²) >= 11 is 3.45. The second-order valence-corrected chi connectivity index (χ2v) is 5.12. The number of rotatable bonds is 1. The fourth-order valence-electron chi connectivity index (χ4n) is 2.14. The van der Waals surface area contributed by atoms with Crippen LogP contribution in [0.2, 0.25) is 0 Å². The smallest absolute Gasteiger partial charge is 0.279 e. The van der Waals surface area contributed by atoms with Gasteiger partial charge >= 0.3 is 0 Å². The van der Waals surface area contributed by atoms with Gasteiger partial charge in [-0.3, -0.25) is 9.48 Å². The zero-order valence-electron chi connectivity index (χ0n) is 9.20. The lowest BCUT2D eigenvalue weighted by Gasteiger charge is -2.07. The molecule has 2 heterocycles. The van der Waals surface area contributed by atoms with E-state index in [1.54, 1.807) is 4.68 Å². The van der Waals surface area contributed by atoms with Crippen molar-refractivity contribution in [3.05, 3.63) is 26.7 Å². The molecule has 84 valence electrons. The Labute approximate surface area is 101 Å². The van der Waals surface area contributed by atoms with E-state index in [1.165, 1.54) is 0 Å². The molecule has 1 aliphatic rings. The largest absolute Gasteiger partial charge is 0.308 e. The van der Waals surface area contributed by atoms with E-state index in [1.807, 2.05) is 24.6 Å². The van der Waals surface area contributed by atoms with Gasteiger partial charge in [-0.15, -0.1) is 0 Å². The maximum atomic E-state index is 12.3. The summed E-state index contributed by atoms with van der Waals surface area (Å²) in [5, 5.41) is 5.17. The minimum absolute atomic E-state index is 0.0406. The van der Waals surface area contributed by atoms with Crippen molar-refractivity contribution in [2.45, 2.75) is 25.8 Å². The Morgan fingerprint density at radius 2 is 2.19 bits per heavy atom. The standard InChI is InChI=1S/C11H12BrN3O/c1-6-5-8-9(13-14(2)10(8)12)11(16)15(6)7-3-4-7/h5,7H,3-4H2,1-2H3. The molecule has 2 aromatic heterocycles. The van der Waals surface area contributed by atoms with Gasteiger partial charge in [-0.1, -0.05) is 0 Å². The van der Waals surface area contributed by atoms with Gasteiger partial charge in [-0.05, 0) is 41.8 Å². The molecule has 0 atom stereocenters. The normalized spacial score (nSPS) is 15.9. The number of pyridine rings is 1. The summed E-state index contributed by atoms with van der Waals surface area (Å²) in [6.45, 7) is 1.98. The van der Waals surface area contributed by atoms with E-state index in [9.17, 15) is 4.79 Å². The third-order valence-electron chi connectivity index (χ3n) is 3.08. The first-order valence-corrected chi connectivity index (χ1v) is 6.13. The lowest BCUT2D eigenvalue weighted by molar-refractivity contribution is 0.685. The maximum Gasteiger partial charge on any atom is 0.279 e. The van der Waals surface area contributed by atoms with Gasteiger partial charge in [0.05, 0.1) is 0 Å². The molecule has 3 rings (SSSR count). The number of nitrogens with zero attached hydrogens (tertiary/aromatic N) is 3. The van der Waals surface area contributed by atoms with Crippen LogP contribution in [0, 0.1) is 6.92 Å². The van der Waals surface area contributed by atoms with Gasteiger partial charge in [0.2, 0.25) is 0 Å². The Morgan fingerprint density at radius 3 is 2.81 bits per heavy atom. The monoisotopic (exact) mass is 281 g/mol. The van der Waals surface area contributed by atoms with E-state index in [0.717, 1.165) is 28.5 Å². The molecule has 0 N–H and O–H groups in total. The zero-order chi connectivity index (χ0) is 11.4. The van der Waals surface area contributed by atoms with Crippen LogP contribution in [0.5, 0.6) is 0 Å². The molecule has 0 amide bonds. The molecule has 0 saturated heterocycles. The van der Waals surface area contributed by atoms with Crippen molar-refractivity contribution in [2.75, 3.05) is 0 Å². The molecule has 5 heteroatoms. The van der Waals surface area contributed by atoms with Crippen LogP contribution in [-0.2, 0) is 7.05 Å². The van der Waals surface area contributed by atoms with Crippen LogP contribution in [0.3, 0.4) is 0 Å². The Kier molecular flexibility index (Phi) is 2.01. The first-order chi connectivity index (χ1) is 7.59. The minimum Gasteiger partial charge on any atom is -0.308 e. The van der Waals surface area contributed by atoms with Crippen LogP contribution in [0.25, 0.3) is 10.9 Å². The highest BCUT2D eigenvalue weighted by Crippen LogP contribution is 2.35. The molecule has 4 nitrogen and oxygen atoms in total. The summed E-state index contributed by atoms with van der Waals surface area (Å²) in [5.74, 6) is 0. The van der Waals surface area contributed by atoms with E-state index in [-0.39, 0.29) is 5.56 Å².